The first-order valence-corrected chi connectivity index (χ1v) is 10.5. The highest BCUT2D eigenvalue weighted by atomic mass is 32.1. The molecule has 0 aliphatic carbocycles. The number of amides is 1. The predicted octanol–water partition coefficient (Wildman–Crippen LogP) is 3.72. The normalized spacial score (nSPS) is 12.9. The van der Waals surface area contributed by atoms with Crippen LogP contribution in [-0.4, -0.2) is 29.3 Å². The Labute approximate surface area is 169 Å². The fraction of sp³-hybridized carbons (Fsp3) is 0.200. The molecule has 2 aromatic heterocycles. The zero-order chi connectivity index (χ0) is 19.5. The third-order valence-electron chi connectivity index (χ3n) is 4.33. The van der Waals surface area contributed by atoms with Crippen LogP contribution in [0.1, 0.15) is 28.0 Å². The highest BCUT2D eigenvalue weighted by Crippen LogP contribution is 2.26. The van der Waals surface area contributed by atoms with E-state index in [1.807, 2.05) is 22.2 Å². The number of rotatable bonds is 6. The lowest BCUT2D eigenvalue weighted by molar-refractivity contribution is -0.141. The summed E-state index contributed by atoms with van der Waals surface area (Å²) in [5.41, 5.74) is 3.78. The summed E-state index contributed by atoms with van der Waals surface area (Å²) in [7, 11) is 0. The third-order valence-corrected chi connectivity index (χ3v) is 5.96. The van der Waals surface area contributed by atoms with Crippen LogP contribution >= 0.6 is 22.7 Å². The number of fused-ring (bicyclic) bond motifs is 1. The van der Waals surface area contributed by atoms with E-state index in [2.05, 4.69) is 10.3 Å². The van der Waals surface area contributed by atoms with E-state index in [4.69, 9.17) is 4.74 Å². The van der Waals surface area contributed by atoms with Crippen molar-refractivity contribution in [1.29, 1.82) is 0 Å². The first kappa shape index (κ1) is 18.5. The highest BCUT2D eigenvalue weighted by molar-refractivity contribution is 7.14. The van der Waals surface area contributed by atoms with E-state index >= 15 is 0 Å². The van der Waals surface area contributed by atoms with Crippen molar-refractivity contribution in [3.8, 4) is 10.6 Å². The maximum atomic E-state index is 12.3. The molecule has 8 heteroatoms. The fourth-order valence-corrected chi connectivity index (χ4v) is 4.42. The Balaban J connectivity index is 1.32. The maximum Gasteiger partial charge on any atom is 0.312 e. The van der Waals surface area contributed by atoms with E-state index in [1.165, 1.54) is 11.3 Å². The summed E-state index contributed by atoms with van der Waals surface area (Å²) < 4.78 is 5.13. The highest BCUT2D eigenvalue weighted by Gasteiger charge is 2.18. The number of hydrogen-bond acceptors (Lipinski definition) is 7. The van der Waals surface area contributed by atoms with Crippen LogP contribution in [0, 0.1) is 0 Å². The number of nitrogens with zero attached hydrogens (tertiary/aromatic N) is 1. The van der Waals surface area contributed by atoms with Crippen LogP contribution in [-0.2, 0) is 27.2 Å². The van der Waals surface area contributed by atoms with E-state index in [-0.39, 0.29) is 24.7 Å². The van der Waals surface area contributed by atoms with Gasteiger partial charge in [0.15, 0.2) is 12.4 Å². The molecule has 0 fully saturated rings. The third kappa shape index (κ3) is 4.18. The van der Waals surface area contributed by atoms with Gasteiger partial charge in [0.1, 0.15) is 5.01 Å². The first-order chi connectivity index (χ1) is 13.6. The number of thiazole rings is 1. The molecule has 0 saturated heterocycles. The number of nitrogens with one attached hydrogen (secondary N) is 1. The van der Waals surface area contributed by atoms with Crippen molar-refractivity contribution in [3.05, 3.63) is 57.2 Å². The monoisotopic (exact) mass is 412 g/mol. The zero-order valence-corrected chi connectivity index (χ0v) is 16.4. The van der Waals surface area contributed by atoms with Gasteiger partial charge in [0.05, 0.1) is 12.1 Å². The lowest BCUT2D eigenvalue weighted by Crippen LogP contribution is -2.20. The number of carbonyl (C=O) groups is 3. The quantitative estimate of drug-likeness (QED) is 0.493. The Kier molecular flexibility index (Phi) is 5.31. The molecular weight excluding hydrogens is 396 g/mol. The van der Waals surface area contributed by atoms with Gasteiger partial charge in [0.2, 0.25) is 5.91 Å². The SMILES string of the molecule is O=C1CCc2cc(C(=O)COC(=O)Cc3csc(-c4ccsc4)n3)ccc2N1. The Hall–Kier alpha value is -2.84. The van der Waals surface area contributed by atoms with Crippen LogP contribution in [0.25, 0.3) is 10.6 Å². The summed E-state index contributed by atoms with van der Waals surface area (Å²) in [6.45, 7) is -0.314. The lowest BCUT2D eigenvalue weighted by atomic mass is 9.99. The molecular formula is C20H16N2O4S2. The van der Waals surface area contributed by atoms with E-state index in [0.717, 1.165) is 21.8 Å². The van der Waals surface area contributed by atoms with Crippen LogP contribution in [0.2, 0.25) is 0 Å². The molecule has 1 aliphatic heterocycles. The van der Waals surface area contributed by atoms with Crippen LogP contribution in [0.5, 0.6) is 0 Å². The molecule has 3 aromatic rings. The number of anilines is 1. The summed E-state index contributed by atoms with van der Waals surface area (Å²) >= 11 is 3.07. The van der Waals surface area contributed by atoms with Gasteiger partial charge in [0, 0.05) is 34.0 Å². The second-order valence-electron chi connectivity index (χ2n) is 6.34. The second kappa shape index (κ2) is 8.04. The van der Waals surface area contributed by atoms with Gasteiger partial charge < -0.3 is 10.1 Å². The molecule has 4 rings (SSSR count). The van der Waals surface area contributed by atoms with E-state index in [1.54, 1.807) is 29.5 Å². The molecule has 0 bridgehead atoms. The van der Waals surface area contributed by atoms with Crippen molar-refractivity contribution < 1.29 is 19.1 Å². The number of thiophene rings is 1. The number of benzene rings is 1. The number of carbonyl (C=O) groups excluding carboxylic acids is 3. The molecule has 1 aromatic carbocycles. The van der Waals surface area contributed by atoms with E-state index in [0.29, 0.717) is 24.1 Å². The van der Waals surface area contributed by atoms with Crippen molar-refractivity contribution in [2.45, 2.75) is 19.3 Å². The van der Waals surface area contributed by atoms with Crippen molar-refractivity contribution in [2.24, 2.45) is 0 Å². The molecule has 0 atom stereocenters. The maximum absolute atomic E-state index is 12.3. The lowest BCUT2D eigenvalue weighted by Gasteiger charge is -2.17. The minimum absolute atomic E-state index is 0.0234. The number of hydrogen-bond donors (Lipinski definition) is 1. The molecule has 0 unspecified atom stereocenters. The van der Waals surface area contributed by atoms with Gasteiger partial charge in [-0.25, -0.2) is 4.98 Å². The molecule has 0 radical (unpaired) electrons. The number of aromatic nitrogens is 1. The Bertz CT molecular complexity index is 1040. The van der Waals surface area contributed by atoms with E-state index in [9.17, 15) is 14.4 Å². The fourth-order valence-electron chi connectivity index (χ4n) is 2.89. The van der Waals surface area contributed by atoms with Gasteiger partial charge in [0.25, 0.3) is 0 Å². The standard InChI is InChI=1S/C20H16N2O4S2/c23-17(13-1-3-16-12(7-13)2-4-18(24)22-16)9-26-19(25)8-15-11-28-20(21-15)14-5-6-27-10-14/h1,3,5-7,10-11H,2,4,8-9H2,(H,22,24). The number of aryl methyl sites for hydroxylation is 1. The van der Waals surface area contributed by atoms with Gasteiger partial charge in [-0.2, -0.15) is 11.3 Å². The van der Waals surface area contributed by atoms with Gasteiger partial charge in [-0.1, -0.05) is 0 Å². The Morgan fingerprint density at radius 1 is 1.18 bits per heavy atom. The van der Waals surface area contributed by atoms with Crippen LogP contribution in [0.4, 0.5) is 5.69 Å². The molecule has 1 aliphatic rings. The topological polar surface area (TPSA) is 85.4 Å². The molecule has 142 valence electrons. The number of esters is 1. The molecule has 0 saturated carbocycles. The van der Waals surface area contributed by atoms with Crippen LogP contribution in [0.3, 0.4) is 0 Å². The number of ketones is 1. The minimum Gasteiger partial charge on any atom is -0.457 e. The summed E-state index contributed by atoms with van der Waals surface area (Å²) in [6, 6.07) is 7.07. The summed E-state index contributed by atoms with van der Waals surface area (Å²) in [6.07, 6.45) is 1.03. The minimum atomic E-state index is -0.485. The largest absolute Gasteiger partial charge is 0.457 e. The van der Waals surface area contributed by atoms with Gasteiger partial charge in [-0.3, -0.25) is 14.4 Å². The molecule has 3 heterocycles. The van der Waals surface area contributed by atoms with Crippen molar-refractivity contribution in [2.75, 3.05) is 11.9 Å². The number of ether oxygens (including phenoxy) is 1. The molecule has 1 amide bonds. The average molecular weight is 412 g/mol. The Morgan fingerprint density at radius 3 is 2.89 bits per heavy atom. The first-order valence-electron chi connectivity index (χ1n) is 8.67. The van der Waals surface area contributed by atoms with Crippen LogP contribution in [0.15, 0.2) is 40.4 Å². The summed E-state index contributed by atoms with van der Waals surface area (Å²) in [5, 5.41) is 9.44. The van der Waals surface area contributed by atoms with Gasteiger partial charge in [-0.05, 0) is 41.6 Å². The van der Waals surface area contributed by atoms with Gasteiger partial charge in [-0.15, -0.1) is 11.3 Å². The zero-order valence-electron chi connectivity index (χ0n) is 14.8. The second-order valence-corrected chi connectivity index (χ2v) is 7.97. The smallest absolute Gasteiger partial charge is 0.312 e. The number of Topliss-reactive ketones (excluding diaryl/α,β-unsaturated/α-hetero) is 1. The van der Waals surface area contributed by atoms with Gasteiger partial charge >= 0.3 is 5.97 Å². The summed E-state index contributed by atoms with van der Waals surface area (Å²) in [4.78, 5) is 40.2. The van der Waals surface area contributed by atoms with Crippen molar-refractivity contribution in [3.63, 3.8) is 0 Å². The Morgan fingerprint density at radius 2 is 2.07 bits per heavy atom. The average Bonchev–Trinajstić information content (AvgIpc) is 3.37. The molecule has 1 N–H and O–H groups in total. The molecule has 28 heavy (non-hydrogen) atoms. The van der Waals surface area contributed by atoms with E-state index < -0.39 is 5.97 Å². The molecule has 6 nitrogen and oxygen atoms in total. The summed E-state index contributed by atoms with van der Waals surface area (Å²) in [5.74, 6) is -0.782. The van der Waals surface area contributed by atoms with Crippen molar-refractivity contribution in [1.82, 2.24) is 4.98 Å². The van der Waals surface area contributed by atoms with Crippen molar-refractivity contribution >= 4 is 46.0 Å². The van der Waals surface area contributed by atoms with Crippen LogP contribution < -0.4 is 5.32 Å². The predicted molar refractivity (Wildman–Crippen MR) is 108 cm³/mol. The molecule has 0 spiro atoms.